The number of alkyl halides is 2. The van der Waals surface area contributed by atoms with E-state index in [9.17, 15) is 13.6 Å². The Balaban J connectivity index is 1.80. The Morgan fingerprint density at radius 2 is 1.90 bits per heavy atom. The Bertz CT molecular complexity index is 1000. The highest BCUT2D eigenvalue weighted by atomic mass is 19.3. The minimum Gasteiger partial charge on any atom is -0.435 e. The minimum absolute atomic E-state index is 0.0980. The highest BCUT2D eigenvalue weighted by Crippen LogP contribution is 2.27. The number of nitrogens with zero attached hydrogens (tertiary/aromatic N) is 2. The van der Waals surface area contributed by atoms with Crippen LogP contribution in [0.4, 0.5) is 14.5 Å². The molecule has 0 aliphatic rings. The van der Waals surface area contributed by atoms with Crippen molar-refractivity contribution in [2.24, 2.45) is 7.05 Å². The lowest BCUT2D eigenvalue weighted by molar-refractivity contribution is -0.115. The largest absolute Gasteiger partial charge is 0.435 e. The summed E-state index contributed by atoms with van der Waals surface area (Å²) in [6.45, 7) is 0.864. The zero-order valence-electron chi connectivity index (χ0n) is 16.6. The molecule has 29 heavy (non-hydrogen) atoms. The average Bonchev–Trinajstić information content (AvgIpc) is 2.90. The van der Waals surface area contributed by atoms with Gasteiger partial charge in [-0.2, -0.15) is 13.9 Å². The zero-order valence-corrected chi connectivity index (χ0v) is 16.6. The van der Waals surface area contributed by atoms with E-state index in [-0.39, 0.29) is 18.1 Å². The summed E-state index contributed by atoms with van der Waals surface area (Å²) in [7, 11) is 1.83. The zero-order chi connectivity index (χ0) is 21.0. The van der Waals surface area contributed by atoms with Gasteiger partial charge in [-0.25, -0.2) is 0 Å². The summed E-state index contributed by atoms with van der Waals surface area (Å²) < 4.78 is 31.9. The Morgan fingerprint density at radius 1 is 1.17 bits per heavy atom. The molecule has 0 atom stereocenters. The van der Waals surface area contributed by atoms with E-state index >= 15 is 0 Å². The van der Waals surface area contributed by atoms with E-state index in [0.717, 1.165) is 22.5 Å². The molecule has 0 aliphatic heterocycles. The first-order valence-electron chi connectivity index (χ1n) is 9.24. The second-order valence-corrected chi connectivity index (χ2v) is 6.86. The van der Waals surface area contributed by atoms with Crippen molar-refractivity contribution in [1.29, 1.82) is 0 Å². The highest BCUT2D eigenvalue weighted by Gasteiger charge is 2.15. The maximum Gasteiger partial charge on any atom is 0.387 e. The number of amides is 1. The van der Waals surface area contributed by atoms with E-state index in [1.54, 1.807) is 16.8 Å². The van der Waals surface area contributed by atoms with Gasteiger partial charge in [0, 0.05) is 36.0 Å². The Labute approximate surface area is 168 Å². The molecule has 2 aromatic carbocycles. The van der Waals surface area contributed by atoms with Crippen LogP contribution in [0.3, 0.4) is 0 Å². The van der Waals surface area contributed by atoms with E-state index in [2.05, 4.69) is 15.2 Å². The summed E-state index contributed by atoms with van der Waals surface area (Å²) in [6, 6.07) is 14.2. The second kappa shape index (κ2) is 8.86. The van der Waals surface area contributed by atoms with Gasteiger partial charge in [-0.15, -0.1) is 0 Å². The van der Waals surface area contributed by atoms with Gasteiger partial charge >= 0.3 is 6.61 Å². The van der Waals surface area contributed by atoms with Crippen LogP contribution in [0.2, 0.25) is 0 Å². The summed E-state index contributed by atoms with van der Waals surface area (Å²) in [6.07, 6.45) is 0.599. The number of rotatable bonds is 7. The van der Waals surface area contributed by atoms with Crippen LogP contribution in [0.5, 0.6) is 5.75 Å². The Morgan fingerprint density at radius 3 is 2.52 bits per heavy atom. The molecule has 1 amide bonds. The molecule has 0 radical (unpaired) electrons. The molecular formula is C22H23F2N3O2. The number of aromatic nitrogens is 2. The van der Waals surface area contributed by atoms with Crippen LogP contribution in [0.15, 0.2) is 48.5 Å². The molecule has 1 aromatic heterocycles. The topological polar surface area (TPSA) is 56.2 Å². The molecule has 0 fully saturated rings. The van der Waals surface area contributed by atoms with Gasteiger partial charge in [-0.05, 0) is 37.6 Å². The molecule has 0 spiro atoms. The fourth-order valence-electron chi connectivity index (χ4n) is 3.26. The number of ether oxygens (including phenoxy) is 1. The van der Waals surface area contributed by atoms with Crippen molar-refractivity contribution in [3.63, 3.8) is 0 Å². The molecule has 3 aromatic rings. The van der Waals surface area contributed by atoms with Crippen molar-refractivity contribution in [3.05, 3.63) is 76.6 Å². The van der Waals surface area contributed by atoms with E-state index in [1.165, 1.54) is 6.07 Å². The smallest absolute Gasteiger partial charge is 0.387 e. The molecule has 1 N–H and O–H groups in total. The monoisotopic (exact) mass is 399 g/mol. The number of carbonyl (C=O) groups is 1. The number of anilines is 1. The van der Waals surface area contributed by atoms with Crippen molar-refractivity contribution < 1.29 is 18.3 Å². The molecule has 1 heterocycles. The lowest BCUT2D eigenvalue weighted by Gasteiger charge is -2.14. The van der Waals surface area contributed by atoms with Crippen LogP contribution in [0, 0.1) is 13.8 Å². The van der Waals surface area contributed by atoms with Crippen LogP contribution in [0.1, 0.15) is 28.1 Å². The molecule has 0 bridgehead atoms. The van der Waals surface area contributed by atoms with Crippen molar-refractivity contribution in [2.75, 3.05) is 5.32 Å². The molecule has 0 unspecified atom stereocenters. The van der Waals surface area contributed by atoms with E-state index in [0.29, 0.717) is 17.7 Å². The third-order valence-corrected chi connectivity index (χ3v) is 4.79. The van der Waals surface area contributed by atoms with Crippen molar-refractivity contribution in [2.45, 2.75) is 33.3 Å². The van der Waals surface area contributed by atoms with Gasteiger partial charge < -0.3 is 10.1 Å². The number of hydrogen-bond donors (Lipinski definition) is 1. The van der Waals surface area contributed by atoms with Crippen LogP contribution in [-0.2, 0) is 24.7 Å². The van der Waals surface area contributed by atoms with Gasteiger partial charge in [-0.3, -0.25) is 9.48 Å². The van der Waals surface area contributed by atoms with E-state index in [4.69, 9.17) is 0 Å². The number of benzene rings is 2. The maximum atomic E-state index is 12.8. The van der Waals surface area contributed by atoms with E-state index < -0.39 is 6.61 Å². The lowest BCUT2D eigenvalue weighted by atomic mass is 10.0. The normalized spacial score (nSPS) is 11.0. The van der Waals surface area contributed by atoms with Gasteiger partial charge in [-0.1, -0.05) is 30.3 Å². The summed E-state index contributed by atoms with van der Waals surface area (Å²) in [5, 5.41) is 7.16. The fraction of sp³-hybridized carbons (Fsp3) is 0.273. The quantitative estimate of drug-likeness (QED) is 0.640. The molecule has 152 valence electrons. The van der Waals surface area contributed by atoms with Crippen LogP contribution < -0.4 is 10.1 Å². The molecule has 7 heteroatoms. The van der Waals surface area contributed by atoms with Crippen LogP contribution in [0.25, 0.3) is 0 Å². The van der Waals surface area contributed by atoms with Gasteiger partial charge in [0.2, 0.25) is 5.91 Å². The molecular weight excluding hydrogens is 376 g/mol. The summed E-state index contributed by atoms with van der Waals surface area (Å²) >= 11 is 0. The van der Waals surface area contributed by atoms with Crippen LogP contribution in [-0.4, -0.2) is 22.3 Å². The first-order valence-corrected chi connectivity index (χ1v) is 9.24. The standard InChI is InChI=1S/C22H23F2N3O2/c1-14-19(15(2)27(3)26-14)13-21(28)25-18-9-10-20(29-22(23)24)17(12-18)11-16-7-5-4-6-8-16/h4-10,12,22H,11,13H2,1-3H3,(H,25,28). The molecule has 0 saturated heterocycles. The summed E-state index contributed by atoms with van der Waals surface area (Å²) in [4.78, 5) is 12.5. The Kier molecular flexibility index (Phi) is 6.26. The van der Waals surface area contributed by atoms with Crippen molar-refractivity contribution >= 4 is 11.6 Å². The molecule has 3 rings (SSSR count). The molecule has 5 nitrogen and oxygen atoms in total. The highest BCUT2D eigenvalue weighted by molar-refractivity contribution is 5.92. The summed E-state index contributed by atoms with van der Waals surface area (Å²) in [5.74, 6) is -0.0989. The first kappa shape index (κ1) is 20.5. The first-order chi connectivity index (χ1) is 13.8. The van der Waals surface area contributed by atoms with Crippen molar-refractivity contribution in [3.8, 4) is 5.75 Å². The number of hydrogen-bond acceptors (Lipinski definition) is 3. The van der Waals surface area contributed by atoms with Gasteiger partial charge in [0.1, 0.15) is 5.75 Å². The minimum atomic E-state index is -2.92. The maximum absolute atomic E-state index is 12.8. The third-order valence-electron chi connectivity index (χ3n) is 4.79. The second-order valence-electron chi connectivity index (χ2n) is 6.86. The number of aryl methyl sites for hydroxylation is 2. The molecule has 0 saturated carbocycles. The number of halogens is 2. The predicted octanol–water partition coefficient (Wildman–Crippen LogP) is 4.41. The van der Waals surface area contributed by atoms with Gasteiger partial charge in [0.25, 0.3) is 0 Å². The predicted molar refractivity (Wildman–Crippen MR) is 107 cm³/mol. The van der Waals surface area contributed by atoms with Gasteiger partial charge in [0.05, 0.1) is 12.1 Å². The average molecular weight is 399 g/mol. The number of carbonyl (C=O) groups excluding carboxylic acids is 1. The molecule has 0 aliphatic carbocycles. The fourth-order valence-corrected chi connectivity index (χ4v) is 3.26. The number of nitrogens with one attached hydrogen (secondary N) is 1. The van der Waals surface area contributed by atoms with Crippen molar-refractivity contribution in [1.82, 2.24) is 9.78 Å². The van der Waals surface area contributed by atoms with Crippen LogP contribution >= 0.6 is 0 Å². The van der Waals surface area contributed by atoms with E-state index in [1.807, 2.05) is 51.2 Å². The van der Waals surface area contributed by atoms with Gasteiger partial charge in [0.15, 0.2) is 0 Å². The third kappa shape index (κ3) is 5.19. The Hall–Kier alpha value is -3.22. The lowest BCUT2D eigenvalue weighted by Crippen LogP contribution is -2.16. The summed E-state index contributed by atoms with van der Waals surface area (Å²) in [5.41, 5.74) is 4.68. The SMILES string of the molecule is Cc1nn(C)c(C)c1CC(=O)Nc1ccc(OC(F)F)c(Cc2ccccc2)c1.